The van der Waals surface area contributed by atoms with Crippen LogP contribution in [0.5, 0.6) is 5.75 Å². The number of halogens is 1. The largest absolute Gasteiger partial charge is 0.506 e. The van der Waals surface area contributed by atoms with E-state index in [4.69, 9.17) is 21.1 Å². The number of esters is 1. The Morgan fingerprint density at radius 3 is 2.40 bits per heavy atom. The first-order valence-electron chi connectivity index (χ1n) is 18.8. The number of amides is 4. The molecule has 1 saturated heterocycles. The highest BCUT2D eigenvalue weighted by Gasteiger charge is 2.34. The van der Waals surface area contributed by atoms with E-state index in [2.05, 4.69) is 17.1 Å². The topological polar surface area (TPSA) is 132 Å². The highest BCUT2D eigenvalue weighted by molar-refractivity contribution is 6.32. The van der Waals surface area contributed by atoms with Crippen LogP contribution in [-0.2, 0) is 31.9 Å². The van der Waals surface area contributed by atoms with Gasteiger partial charge in [0, 0.05) is 50.9 Å². The van der Waals surface area contributed by atoms with Crippen molar-refractivity contribution in [1.82, 2.24) is 19.6 Å². The van der Waals surface area contributed by atoms with E-state index < -0.39 is 12.2 Å². The zero-order chi connectivity index (χ0) is 37.6. The van der Waals surface area contributed by atoms with Gasteiger partial charge in [0.05, 0.1) is 18.2 Å². The van der Waals surface area contributed by atoms with Gasteiger partial charge in [-0.25, -0.2) is 9.59 Å². The number of likely N-dealkylation sites (tertiary alicyclic amines) is 1. The van der Waals surface area contributed by atoms with Crippen LogP contribution in [0.25, 0.3) is 0 Å². The Balaban J connectivity index is 1.40. The molecular weight excluding hydrogens is 686 g/mol. The number of nitrogens with one attached hydrogen (secondary N) is 1. The van der Waals surface area contributed by atoms with Crippen LogP contribution in [-0.4, -0.2) is 120 Å². The third-order valence-electron chi connectivity index (χ3n) is 9.71. The Labute approximate surface area is 313 Å². The normalized spacial score (nSPS) is 15.5. The molecule has 2 N–H and O–H groups in total. The number of urea groups is 1. The Morgan fingerprint density at radius 2 is 1.71 bits per heavy atom. The van der Waals surface area contributed by atoms with Crippen molar-refractivity contribution < 1.29 is 33.8 Å². The molecule has 0 unspecified atom stereocenters. The lowest BCUT2D eigenvalue weighted by atomic mass is 10.0. The fourth-order valence-corrected chi connectivity index (χ4v) is 7.32. The average molecular weight is 742 g/mol. The van der Waals surface area contributed by atoms with Crippen LogP contribution in [0.1, 0.15) is 76.0 Å². The van der Waals surface area contributed by atoms with Gasteiger partial charge in [-0.2, -0.15) is 0 Å². The first kappa shape index (κ1) is 40.7. The van der Waals surface area contributed by atoms with E-state index in [0.29, 0.717) is 76.3 Å². The number of unbranched alkanes of at least 4 members (excludes halogenated alkanes) is 1. The van der Waals surface area contributed by atoms with E-state index in [9.17, 15) is 24.3 Å². The molecule has 4 rings (SSSR count). The van der Waals surface area contributed by atoms with Crippen molar-refractivity contribution in [1.29, 1.82) is 0 Å². The number of hydrogen-bond acceptors (Lipinski definition) is 8. The molecule has 52 heavy (non-hydrogen) atoms. The standard InChI is InChI=1S/C39H56ClN5O7/c1-5-17-42(27-35(46)51-7-3)19-10-11-20-43(18-6-2)37(48)34(26-29-24-28(4)36(47)32(40)25-29)52-39(50)44-21-15-31(16-22-44)45-23-14-30-12-8-9-13-33(30)41-38(45)49/h8-9,12-13,24-25,31,34,47H,5-7,10-11,14-23,26-27H2,1-4H3,(H,41,49)/t34-/m1/s1. The molecule has 1 atom stereocenters. The predicted octanol–water partition coefficient (Wildman–Crippen LogP) is 6.25. The number of fused-ring (bicyclic) bond motifs is 1. The van der Waals surface area contributed by atoms with Gasteiger partial charge >= 0.3 is 18.1 Å². The molecule has 12 nitrogen and oxygen atoms in total. The van der Waals surface area contributed by atoms with Crippen molar-refractivity contribution in [2.45, 2.75) is 91.2 Å². The summed E-state index contributed by atoms with van der Waals surface area (Å²) in [6.07, 6.45) is 3.49. The number of carbonyl (C=O) groups is 4. The Bertz CT molecular complexity index is 1490. The number of ether oxygens (including phenoxy) is 2. The van der Waals surface area contributed by atoms with E-state index in [0.717, 1.165) is 43.5 Å². The molecule has 0 bridgehead atoms. The molecule has 0 spiro atoms. The maximum absolute atomic E-state index is 14.2. The van der Waals surface area contributed by atoms with E-state index in [1.165, 1.54) is 0 Å². The highest BCUT2D eigenvalue weighted by Crippen LogP contribution is 2.30. The molecule has 1 fully saturated rings. The fourth-order valence-electron chi connectivity index (χ4n) is 7.03. The summed E-state index contributed by atoms with van der Waals surface area (Å²) in [5.74, 6) is -0.553. The van der Waals surface area contributed by atoms with Crippen molar-refractivity contribution in [3.8, 4) is 5.75 Å². The minimum Gasteiger partial charge on any atom is -0.506 e. The number of carbonyl (C=O) groups excluding carboxylic acids is 4. The molecule has 2 heterocycles. The molecule has 286 valence electrons. The Kier molecular flexibility index (Phi) is 15.9. The number of piperidine rings is 1. The SMILES string of the molecule is CCCN(CCCCN(CCC)C(=O)[C@@H](Cc1cc(C)c(O)c(Cl)c1)OC(=O)N1CCC(N2CCc3ccccc3NC2=O)CC1)CC(=O)OCC. The number of benzene rings is 2. The van der Waals surface area contributed by atoms with Gasteiger partial charge in [0.15, 0.2) is 6.10 Å². The molecule has 2 aliphatic rings. The van der Waals surface area contributed by atoms with Gasteiger partial charge in [0.1, 0.15) is 5.75 Å². The molecule has 2 aliphatic heterocycles. The summed E-state index contributed by atoms with van der Waals surface area (Å²) >= 11 is 6.30. The fraction of sp³-hybridized carbons (Fsp3) is 0.590. The predicted molar refractivity (Wildman–Crippen MR) is 202 cm³/mol. The second-order valence-electron chi connectivity index (χ2n) is 13.7. The monoisotopic (exact) mass is 741 g/mol. The highest BCUT2D eigenvalue weighted by atomic mass is 35.5. The summed E-state index contributed by atoms with van der Waals surface area (Å²) in [5.41, 5.74) is 3.17. The van der Waals surface area contributed by atoms with Crippen LogP contribution >= 0.6 is 11.6 Å². The molecule has 4 amide bonds. The van der Waals surface area contributed by atoms with Gasteiger partial charge in [-0.1, -0.05) is 49.7 Å². The van der Waals surface area contributed by atoms with Gasteiger partial charge in [-0.05, 0) is 101 Å². The van der Waals surface area contributed by atoms with Crippen molar-refractivity contribution in [3.05, 3.63) is 58.1 Å². The summed E-state index contributed by atoms with van der Waals surface area (Å²) in [6.45, 7) is 12.0. The number of phenolic OH excluding ortho intramolecular Hbond substituents is 1. The minimum absolute atomic E-state index is 0.0245. The van der Waals surface area contributed by atoms with Crippen molar-refractivity contribution in [2.24, 2.45) is 0 Å². The van der Waals surface area contributed by atoms with Crippen LogP contribution in [0, 0.1) is 6.92 Å². The van der Waals surface area contributed by atoms with Crippen LogP contribution in [0.15, 0.2) is 36.4 Å². The van der Waals surface area contributed by atoms with Crippen LogP contribution in [0.4, 0.5) is 15.3 Å². The lowest BCUT2D eigenvalue weighted by Gasteiger charge is -2.38. The second kappa shape index (κ2) is 20.3. The number of anilines is 1. The van der Waals surface area contributed by atoms with Crippen LogP contribution in [0.2, 0.25) is 5.02 Å². The molecule has 2 aromatic rings. The van der Waals surface area contributed by atoms with E-state index in [1.54, 1.807) is 35.8 Å². The molecule has 13 heteroatoms. The van der Waals surface area contributed by atoms with Crippen molar-refractivity contribution in [2.75, 3.05) is 64.3 Å². The molecule has 0 radical (unpaired) electrons. The Hall–Kier alpha value is -4.03. The van der Waals surface area contributed by atoms with Crippen LogP contribution < -0.4 is 5.32 Å². The number of para-hydroxylation sites is 1. The lowest BCUT2D eigenvalue weighted by molar-refractivity contribution is -0.144. The van der Waals surface area contributed by atoms with Gasteiger partial charge in [0.2, 0.25) is 0 Å². The summed E-state index contributed by atoms with van der Waals surface area (Å²) < 4.78 is 11.2. The summed E-state index contributed by atoms with van der Waals surface area (Å²) in [7, 11) is 0. The van der Waals surface area contributed by atoms with Gasteiger partial charge < -0.3 is 34.6 Å². The average Bonchev–Trinajstić information content (AvgIpc) is 3.29. The lowest BCUT2D eigenvalue weighted by Crippen LogP contribution is -2.51. The number of nitrogens with zero attached hydrogens (tertiary/aromatic N) is 4. The zero-order valence-corrected chi connectivity index (χ0v) is 32.0. The minimum atomic E-state index is -1.10. The zero-order valence-electron chi connectivity index (χ0n) is 31.2. The summed E-state index contributed by atoms with van der Waals surface area (Å²) in [4.78, 5) is 60.4. The summed E-state index contributed by atoms with van der Waals surface area (Å²) in [5, 5.41) is 13.5. The van der Waals surface area contributed by atoms with Gasteiger partial charge in [0.25, 0.3) is 5.91 Å². The van der Waals surface area contributed by atoms with Crippen LogP contribution in [0.3, 0.4) is 0 Å². The molecule has 2 aromatic carbocycles. The number of phenols is 1. The molecule has 0 aromatic heterocycles. The quantitative estimate of drug-likeness (QED) is 0.144. The first-order valence-corrected chi connectivity index (χ1v) is 19.2. The van der Waals surface area contributed by atoms with Crippen molar-refractivity contribution >= 4 is 41.3 Å². The first-order chi connectivity index (χ1) is 25.0. The van der Waals surface area contributed by atoms with Gasteiger partial charge in [-0.15, -0.1) is 0 Å². The van der Waals surface area contributed by atoms with E-state index in [1.807, 2.05) is 36.1 Å². The van der Waals surface area contributed by atoms with Crippen molar-refractivity contribution in [3.63, 3.8) is 0 Å². The van der Waals surface area contributed by atoms with E-state index >= 15 is 0 Å². The molecular formula is C39H56ClN5O7. The molecule has 0 aliphatic carbocycles. The molecule has 0 saturated carbocycles. The third kappa shape index (κ3) is 11.5. The smallest absolute Gasteiger partial charge is 0.410 e. The van der Waals surface area contributed by atoms with Gasteiger partial charge in [-0.3, -0.25) is 14.5 Å². The second-order valence-corrected chi connectivity index (χ2v) is 14.1. The number of hydrogen-bond donors (Lipinski definition) is 2. The maximum atomic E-state index is 14.2. The number of aryl methyl sites for hydroxylation is 1. The summed E-state index contributed by atoms with van der Waals surface area (Å²) in [6, 6.07) is 11.0. The maximum Gasteiger partial charge on any atom is 0.410 e. The third-order valence-corrected chi connectivity index (χ3v) is 10.0. The number of aromatic hydroxyl groups is 1. The van der Waals surface area contributed by atoms with E-state index in [-0.39, 0.29) is 47.7 Å². The Morgan fingerprint density at radius 1 is 1.00 bits per heavy atom. The number of rotatable bonds is 17.